The minimum absolute atomic E-state index is 0.167. The number of carbonyl (C=O) groups is 3. The van der Waals surface area contributed by atoms with Crippen LogP contribution in [0, 0.1) is 0 Å². The predicted molar refractivity (Wildman–Crippen MR) is 140 cm³/mol. The number of allylic oxidation sites excluding steroid dienone is 1. The van der Waals surface area contributed by atoms with Gasteiger partial charge in [-0.15, -0.1) is 0 Å². The molecule has 0 saturated carbocycles. The van der Waals surface area contributed by atoms with E-state index in [0.717, 1.165) is 28.3 Å². The number of anilines is 2. The maximum atomic E-state index is 13.4. The molecular formula is C28H31N3O5. The molecule has 1 fully saturated rings. The lowest BCUT2D eigenvalue weighted by molar-refractivity contribution is -0.122. The van der Waals surface area contributed by atoms with Gasteiger partial charge in [0.2, 0.25) is 0 Å². The second-order valence-corrected chi connectivity index (χ2v) is 9.22. The molecule has 0 radical (unpaired) electrons. The van der Waals surface area contributed by atoms with Gasteiger partial charge in [-0.05, 0) is 64.5 Å². The number of nitrogens with one attached hydrogen (secondary N) is 1. The van der Waals surface area contributed by atoms with Crippen LogP contribution < -0.4 is 24.6 Å². The Labute approximate surface area is 211 Å². The van der Waals surface area contributed by atoms with Crippen molar-refractivity contribution >= 4 is 40.9 Å². The van der Waals surface area contributed by atoms with Gasteiger partial charge in [0.15, 0.2) is 0 Å². The van der Waals surface area contributed by atoms with Crippen molar-refractivity contribution in [2.24, 2.45) is 0 Å². The van der Waals surface area contributed by atoms with E-state index in [0.29, 0.717) is 29.4 Å². The van der Waals surface area contributed by atoms with Gasteiger partial charge in [0, 0.05) is 35.5 Å². The van der Waals surface area contributed by atoms with Gasteiger partial charge in [0.1, 0.15) is 17.1 Å². The summed E-state index contributed by atoms with van der Waals surface area (Å²) in [5.74, 6) is -0.445. The van der Waals surface area contributed by atoms with Crippen LogP contribution in [-0.4, -0.2) is 43.6 Å². The van der Waals surface area contributed by atoms with Crippen LogP contribution in [0.25, 0.3) is 11.6 Å². The molecular weight excluding hydrogens is 458 g/mol. The van der Waals surface area contributed by atoms with Gasteiger partial charge in [0.05, 0.1) is 24.9 Å². The summed E-state index contributed by atoms with van der Waals surface area (Å²) in [5.41, 5.74) is 3.63. The van der Waals surface area contributed by atoms with E-state index >= 15 is 0 Å². The van der Waals surface area contributed by atoms with Crippen molar-refractivity contribution in [1.29, 1.82) is 0 Å². The number of amides is 4. The second-order valence-electron chi connectivity index (χ2n) is 9.22. The maximum Gasteiger partial charge on any atom is 0.335 e. The molecule has 0 aliphatic carbocycles. The molecule has 2 aromatic carbocycles. The zero-order chi connectivity index (χ0) is 26.2. The average Bonchev–Trinajstić information content (AvgIpc) is 2.81. The fourth-order valence-corrected chi connectivity index (χ4v) is 4.91. The highest BCUT2D eigenvalue weighted by atomic mass is 16.5. The number of fused-ring (bicyclic) bond motifs is 1. The summed E-state index contributed by atoms with van der Waals surface area (Å²) in [7, 11) is 1.55. The number of barbiturate groups is 1. The Morgan fingerprint density at radius 2 is 1.83 bits per heavy atom. The largest absolute Gasteiger partial charge is 0.496 e. The van der Waals surface area contributed by atoms with E-state index in [1.807, 2.05) is 26.0 Å². The molecule has 4 amide bonds. The number of ether oxygens (including phenoxy) is 2. The monoisotopic (exact) mass is 489 g/mol. The number of hydrogen-bond donors (Lipinski definition) is 1. The number of hydrogen-bond acceptors (Lipinski definition) is 6. The van der Waals surface area contributed by atoms with E-state index in [1.54, 1.807) is 31.4 Å². The maximum absolute atomic E-state index is 13.4. The minimum atomic E-state index is -0.812. The zero-order valence-electron chi connectivity index (χ0n) is 21.5. The Morgan fingerprint density at radius 1 is 1.08 bits per heavy atom. The standard InChI is InChI=1S/C28H31N3O5/c1-7-30-23-15-24(35-6)18(12-21(23)17(3)16-28(30,4)5)13-22-25(32)29-27(34)31(26(22)33)19-10-9-11-20(14-19)36-8-2/h9-16H,7-8H2,1-6H3,(H,29,32,34)/b22-13-. The lowest BCUT2D eigenvalue weighted by Gasteiger charge is -2.43. The molecule has 1 N–H and O–H groups in total. The van der Waals surface area contributed by atoms with Crippen molar-refractivity contribution in [2.75, 3.05) is 30.1 Å². The topological polar surface area (TPSA) is 88.2 Å². The normalized spacial score (nSPS) is 18.1. The van der Waals surface area contributed by atoms with Crippen molar-refractivity contribution in [2.45, 2.75) is 40.2 Å². The Kier molecular flexibility index (Phi) is 6.63. The van der Waals surface area contributed by atoms with Gasteiger partial charge in [-0.1, -0.05) is 12.1 Å². The molecule has 2 heterocycles. The number of likely N-dealkylation sites (N-methyl/N-ethyl adjacent to an activating group) is 1. The van der Waals surface area contributed by atoms with Crippen LogP contribution in [0.4, 0.5) is 16.2 Å². The highest BCUT2D eigenvalue weighted by Crippen LogP contribution is 2.42. The summed E-state index contributed by atoms with van der Waals surface area (Å²) in [6.45, 7) is 11.5. The summed E-state index contributed by atoms with van der Waals surface area (Å²) < 4.78 is 11.2. The molecule has 0 aromatic heterocycles. The smallest absolute Gasteiger partial charge is 0.335 e. The summed E-state index contributed by atoms with van der Waals surface area (Å²) in [5, 5.41) is 2.27. The Balaban J connectivity index is 1.80. The highest BCUT2D eigenvalue weighted by Gasteiger charge is 2.37. The van der Waals surface area contributed by atoms with Crippen LogP contribution in [0.5, 0.6) is 11.5 Å². The van der Waals surface area contributed by atoms with E-state index in [1.165, 1.54) is 6.08 Å². The highest BCUT2D eigenvalue weighted by molar-refractivity contribution is 6.39. The van der Waals surface area contributed by atoms with Gasteiger partial charge in [0.25, 0.3) is 11.8 Å². The van der Waals surface area contributed by atoms with E-state index in [-0.39, 0.29) is 11.1 Å². The first-order valence-electron chi connectivity index (χ1n) is 11.9. The van der Waals surface area contributed by atoms with Crippen molar-refractivity contribution in [1.82, 2.24) is 5.32 Å². The predicted octanol–water partition coefficient (Wildman–Crippen LogP) is 4.78. The number of urea groups is 1. The summed E-state index contributed by atoms with van der Waals surface area (Å²) in [6.07, 6.45) is 3.68. The molecule has 4 rings (SSSR count). The zero-order valence-corrected chi connectivity index (χ0v) is 21.5. The third kappa shape index (κ3) is 4.34. The number of methoxy groups -OCH3 is 1. The molecule has 0 atom stereocenters. The number of carbonyl (C=O) groups excluding carboxylic acids is 3. The van der Waals surface area contributed by atoms with Gasteiger partial charge >= 0.3 is 6.03 Å². The first-order valence-corrected chi connectivity index (χ1v) is 11.9. The molecule has 0 bridgehead atoms. The van der Waals surface area contributed by atoms with Crippen LogP contribution in [0.2, 0.25) is 0 Å². The van der Waals surface area contributed by atoms with E-state index in [4.69, 9.17) is 9.47 Å². The number of nitrogens with zero attached hydrogens (tertiary/aromatic N) is 2. The van der Waals surface area contributed by atoms with Gasteiger partial charge in [-0.25, -0.2) is 9.69 Å². The molecule has 8 nitrogen and oxygen atoms in total. The molecule has 0 spiro atoms. The van der Waals surface area contributed by atoms with Crippen LogP contribution in [-0.2, 0) is 9.59 Å². The van der Waals surface area contributed by atoms with E-state index in [2.05, 4.69) is 37.1 Å². The second kappa shape index (κ2) is 9.53. The molecule has 2 aromatic rings. The van der Waals surface area contributed by atoms with Crippen LogP contribution >= 0.6 is 0 Å². The Hall–Kier alpha value is -4.07. The van der Waals surface area contributed by atoms with E-state index in [9.17, 15) is 14.4 Å². The summed E-state index contributed by atoms with van der Waals surface area (Å²) >= 11 is 0. The lowest BCUT2D eigenvalue weighted by Crippen LogP contribution is -2.54. The van der Waals surface area contributed by atoms with Crippen LogP contribution in [0.1, 0.15) is 45.7 Å². The molecule has 188 valence electrons. The number of imide groups is 2. The van der Waals surface area contributed by atoms with Gasteiger partial charge in [-0.2, -0.15) is 0 Å². The first kappa shape index (κ1) is 25.0. The quantitative estimate of drug-likeness (QED) is 0.464. The fourth-order valence-electron chi connectivity index (χ4n) is 4.91. The average molecular weight is 490 g/mol. The van der Waals surface area contributed by atoms with Crippen LogP contribution in [0.15, 0.2) is 48.0 Å². The van der Waals surface area contributed by atoms with Crippen molar-refractivity contribution < 1.29 is 23.9 Å². The molecule has 2 aliphatic heterocycles. The molecule has 8 heteroatoms. The molecule has 1 saturated heterocycles. The summed E-state index contributed by atoms with van der Waals surface area (Å²) in [6, 6.07) is 9.66. The third-order valence-corrected chi connectivity index (χ3v) is 6.43. The SMILES string of the molecule is CCOc1cccc(N2C(=O)NC(=O)/C(=C/c3cc4c(cc3OC)N(CC)C(C)(C)C=C4C)C2=O)c1. The Morgan fingerprint density at radius 3 is 2.50 bits per heavy atom. The number of benzene rings is 2. The fraction of sp³-hybridized carbons (Fsp3) is 0.321. The van der Waals surface area contributed by atoms with Gasteiger partial charge < -0.3 is 14.4 Å². The van der Waals surface area contributed by atoms with Crippen molar-refractivity contribution in [3.05, 3.63) is 59.2 Å². The van der Waals surface area contributed by atoms with E-state index < -0.39 is 17.8 Å². The van der Waals surface area contributed by atoms with Gasteiger partial charge in [-0.3, -0.25) is 14.9 Å². The molecule has 36 heavy (non-hydrogen) atoms. The van der Waals surface area contributed by atoms with Crippen LogP contribution in [0.3, 0.4) is 0 Å². The summed E-state index contributed by atoms with van der Waals surface area (Å²) in [4.78, 5) is 42.1. The first-order chi connectivity index (χ1) is 17.1. The van der Waals surface area contributed by atoms with Crippen molar-refractivity contribution in [3.63, 3.8) is 0 Å². The third-order valence-electron chi connectivity index (χ3n) is 6.43. The minimum Gasteiger partial charge on any atom is -0.496 e. The molecule has 2 aliphatic rings. The molecule has 0 unspecified atom stereocenters. The number of rotatable bonds is 6. The lowest BCUT2D eigenvalue weighted by atomic mass is 9.87. The van der Waals surface area contributed by atoms with Crippen molar-refractivity contribution in [3.8, 4) is 11.5 Å². The Bertz CT molecular complexity index is 1310.